The van der Waals surface area contributed by atoms with E-state index in [0.29, 0.717) is 29.2 Å². The number of fused-ring (bicyclic) bond motifs is 1. The molecule has 3 aromatic carbocycles. The Morgan fingerprint density at radius 2 is 1.95 bits per heavy atom. The smallest absolute Gasteiger partial charge is 0.141 e. The molecule has 1 fully saturated rings. The molecular weight excluding hydrogens is 541 g/mol. The fraction of sp³-hybridized carbons (Fsp3) is 0.250. The Morgan fingerprint density at radius 3 is 2.80 bits per heavy atom. The zero-order chi connectivity index (χ0) is 28.2. The van der Waals surface area contributed by atoms with Crippen LogP contribution >= 0.6 is 11.6 Å². The number of aromatic nitrogens is 2. The Balaban J connectivity index is 1.15. The van der Waals surface area contributed by atoms with Crippen molar-refractivity contribution in [3.63, 3.8) is 0 Å². The molecule has 0 bridgehead atoms. The van der Waals surface area contributed by atoms with Crippen molar-refractivity contribution in [1.82, 2.24) is 15.3 Å². The zero-order valence-corrected chi connectivity index (χ0v) is 23.2. The normalized spacial score (nSPS) is 17.0. The zero-order valence-electron chi connectivity index (χ0n) is 22.4. The number of rotatable bonds is 9. The summed E-state index contributed by atoms with van der Waals surface area (Å²) in [7, 11) is 0. The molecule has 0 spiro atoms. The number of nitrogens with one attached hydrogen (secondary N) is 2. The predicted octanol–water partition coefficient (Wildman–Crippen LogP) is 7.36. The molecule has 6 rings (SSSR count). The summed E-state index contributed by atoms with van der Waals surface area (Å²) in [5.41, 5.74) is 9.33. The van der Waals surface area contributed by atoms with Gasteiger partial charge in [0.15, 0.2) is 0 Å². The molecule has 2 aromatic heterocycles. The molecule has 0 saturated heterocycles. The number of anilines is 2. The average Bonchev–Trinajstić information content (AvgIpc) is 3.45. The Labute approximate surface area is 242 Å². The number of ether oxygens (including phenoxy) is 1. The number of halogens is 2. The van der Waals surface area contributed by atoms with Crippen LogP contribution in [0.3, 0.4) is 0 Å². The SMILES string of the molecule is NC1CCCC(NCc2ccc(-c3ccc4ncnc(Nc5ccc(OCc6cccc(F)c6)c(Cl)c5)c4c3)o2)C1. The van der Waals surface area contributed by atoms with E-state index in [1.54, 1.807) is 24.3 Å². The van der Waals surface area contributed by atoms with E-state index in [2.05, 4.69) is 20.6 Å². The molecule has 1 saturated carbocycles. The highest BCUT2D eigenvalue weighted by molar-refractivity contribution is 6.32. The molecule has 5 aromatic rings. The third kappa shape index (κ3) is 6.68. The molecule has 1 aliphatic carbocycles. The molecule has 7 nitrogen and oxygen atoms in total. The van der Waals surface area contributed by atoms with Crippen LogP contribution in [0.2, 0.25) is 5.02 Å². The van der Waals surface area contributed by atoms with Gasteiger partial charge in [0.25, 0.3) is 0 Å². The quantitative estimate of drug-likeness (QED) is 0.170. The molecule has 2 atom stereocenters. The van der Waals surface area contributed by atoms with Crippen LogP contribution in [-0.4, -0.2) is 22.1 Å². The Morgan fingerprint density at radius 1 is 1.02 bits per heavy atom. The van der Waals surface area contributed by atoms with Crippen molar-refractivity contribution in [2.45, 2.75) is 50.9 Å². The first-order valence-electron chi connectivity index (χ1n) is 13.8. The van der Waals surface area contributed by atoms with Crippen molar-refractivity contribution in [1.29, 1.82) is 0 Å². The summed E-state index contributed by atoms with van der Waals surface area (Å²) in [5, 5.41) is 8.21. The van der Waals surface area contributed by atoms with Crippen LogP contribution < -0.4 is 21.1 Å². The van der Waals surface area contributed by atoms with E-state index in [1.165, 1.54) is 24.9 Å². The van der Waals surface area contributed by atoms with Crippen molar-refractivity contribution < 1.29 is 13.5 Å². The second-order valence-electron chi connectivity index (χ2n) is 10.4. The van der Waals surface area contributed by atoms with Crippen LogP contribution in [0.15, 0.2) is 83.5 Å². The van der Waals surface area contributed by atoms with Crippen molar-refractivity contribution in [2.24, 2.45) is 5.73 Å². The monoisotopic (exact) mass is 571 g/mol. The molecule has 4 N–H and O–H groups in total. The highest BCUT2D eigenvalue weighted by atomic mass is 35.5. The minimum absolute atomic E-state index is 0.211. The van der Waals surface area contributed by atoms with E-state index in [-0.39, 0.29) is 18.5 Å². The minimum Gasteiger partial charge on any atom is -0.487 e. The average molecular weight is 572 g/mol. The number of hydrogen-bond donors (Lipinski definition) is 3. The maximum absolute atomic E-state index is 13.5. The van der Waals surface area contributed by atoms with E-state index in [9.17, 15) is 4.39 Å². The van der Waals surface area contributed by atoms with Crippen LogP contribution in [-0.2, 0) is 13.2 Å². The number of nitrogens with two attached hydrogens (primary N) is 1. The maximum atomic E-state index is 13.5. The second kappa shape index (κ2) is 12.3. The van der Waals surface area contributed by atoms with E-state index in [4.69, 9.17) is 26.5 Å². The first-order chi connectivity index (χ1) is 20.0. The topological polar surface area (TPSA) is 98.2 Å². The van der Waals surface area contributed by atoms with Gasteiger partial charge in [0, 0.05) is 28.7 Å². The van der Waals surface area contributed by atoms with Crippen LogP contribution in [0.5, 0.6) is 5.75 Å². The summed E-state index contributed by atoms with van der Waals surface area (Å²) in [4.78, 5) is 8.91. The summed E-state index contributed by atoms with van der Waals surface area (Å²) in [6.07, 6.45) is 5.95. The standard InChI is InChI=1S/C32H31ClFN5O2/c33-28-16-25(8-11-31(28)40-18-20-3-1-4-22(34)13-20)39-32-27-14-21(7-10-29(27)37-19-38-32)30-12-9-26(41-30)17-36-24-6-2-5-23(35)15-24/h1,3-4,7-14,16,19,23-24,36H,2,5-6,15,17-18,35H2,(H,37,38,39). The van der Waals surface area contributed by atoms with Gasteiger partial charge in [-0.15, -0.1) is 0 Å². The lowest BCUT2D eigenvalue weighted by Gasteiger charge is -2.27. The highest BCUT2D eigenvalue weighted by Crippen LogP contribution is 2.33. The molecule has 210 valence electrons. The largest absolute Gasteiger partial charge is 0.487 e. The van der Waals surface area contributed by atoms with E-state index in [1.807, 2.05) is 36.4 Å². The van der Waals surface area contributed by atoms with Crippen molar-refractivity contribution in [3.8, 4) is 17.1 Å². The molecule has 0 aliphatic heterocycles. The first kappa shape index (κ1) is 27.2. The van der Waals surface area contributed by atoms with Gasteiger partial charge < -0.3 is 25.5 Å². The third-order valence-electron chi connectivity index (χ3n) is 7.34. The van der Waals surface area contributed by atoms with Gasteiger partial charge >= 0.3 is 0 Å². The van der Waals surface area contributed by atoms with Gasteiger partial charge in [-0.2, -0.15) is 0 Å². The summed E-state index contributed by atoms with van der Waals surface area (Å²) in [6.45, 7) is 0.881. The molecular formula is C32H31ClFN5O2. The molecule has 2 heterocycles. The Hall–Kier alpha value is -3.98. The third-order valence-corrected chi connectivity index (χ3v) is 7.63. The van der Waals surface area contributed by atoms with Gasteiger partial charge in [-0.05, 0) is 85.5 Å². The lowest BCUT2D eigenvalue weighted by Crippen LogP contribution is -2.38. The number of nitrogens with zero attached hydrogens (tertiary/aromatic N) is 2. The van der Waals surface area contributed by atoms with Crippen molar-refractivity contribution in [3.05, 3.63) is 101 Å². The van der Waals surface area contributed by atoms with Gasteiger partial charge in [0.05, 0.1) is 17.1 Å². The lowest BCUT2D eigenvalue weighted by molar-refractivity contribution is 0.306. The first-order valence-corrected chi connectivity index (χ1v) is 14.1. The molecule has 9 heteroatoms. The Kier molecular flexibility index (Phi) is 8.14. The van der Waals surface area contributed by atoms with Crippen LogP contribution in [0.25, 0.3) is 22.2 Å². The van der Waals surface area contributed by atoms with Crippen molar-refractivity contribution in [2.75, 3.05) is 5.32 Å². The summed E-state index contributed by atoms with van der Waals surface area (Å²) >= 11 is 6.51. The van der Waals surface area contributed by atoms with E-state index >= 15 is 0 Å². The van der Waals surface area contributed by atoms with Gasteiger partial charge in [-0.1, -0.05) is 30.2 Å². The van der Waals surface area contributed by atoms with Crippen LogP contribution in [0, 0.1) is 5.82 Å². The van der Waals surface area contributed by atoms with Gasteiger partial charge in [0.2, 0.25) is 0 Å². The summed E-state index contributed by atoms with van der Waals surface area (Å²) in [5.74, 6) is 2.51. The molecule has 2 unspecified atom stereocenters. The van der Waals surface area contributed by atoms with Gasteiger partial charge in [0.1, 0.15) is 41.8 Å². The number of furan rings is 1. The number of benzene rings is 3. The fourth-order valence-corrected chi connectivity index (χ4v) is 5.45. The maximum Gasteiger partial charge on any atom is 0.141 e. The van der Waals surface area contributed by atoms with E-state index in [0.717, 1.165) is 58.5 Å². The molecule has 1 aliphatic rings. The minimum atomic E-state index is -0.304. The van der Waals surface area contributed by atoms with Crippen LogP contribution in [0.4, 0.5) is 15.9 Å². The molecule has 0 amide bonds. The fourth-order valence-electron chi connectivity index (χ4n) is 5.22. The second-order valence-corrected chi connectivity index (χ2v) is 10.8. The lowest BCUT2D eigenvalue weighted by atomic mass is 9.92. The van der Waals surface area contributed by atoms with Gasteiger partial charge in [-0.25, -0.2) is 14.4 Å². The highest BCUT2D eigenvalue weighted by Gasteiger charge is 2.19. The predicted molar refractivity (Wildman–Crippen MR) is 160 cm³/mol. The van der Waals surface area contributed by atoms with Gasteiger partial charge in [-0.3, -0.25) is 0 Å². The van der Waals surface area contributed by atoms with Crippen LogP contribution in [0.1, 0.15) is 37.0 Å². The summed E-state index contributed by atoms with van der Waals surface area (Å²) in [6, 6.07) is 22.4. The van der Waals surface area contributed by atoms with E-state index < -0.39 is 0 Å². The Bertz CT molecular complexity index is 1660. The number of hydrogen-bond acceptors (Lipinski definition) is 7. The molecule has 41 heavy (non-hydrogen) atoms. The summed E-state index contributed by atoms with van der Waals surface area (Å²) < 4.78 is 25.4. The van der Waals surface area contributed by atoms with Crippen molar-refractivity contribution >= 4 is 34.0 Å². The molecule has 0 radical (unpaired) electrons.